The maximum atomic E-state index is 12.8. The number of rotatable bonds is 6. The Morgan fingerprint density at radius 2 is 1.96 bits per heavy atom. The van der Waals surface area contributed by atoms with Crippen LogP contribution in [0.2, 0.25) is 0 Å². The first-order valence-electron chi connectivity index (χ1n) is 8.07. The van der Waals surface area contributed by atoms with Crippen LogP contribution in [0.15, 0.2) is 34.2 Å². The third-order valence-corrected chi connectivity index (χ3v) is 6.24. The molecule has 0 aliphatic carbocycles. The molecule has 0 amide bonds. The second-order valence-corrected chi connectivity index (χ2v) is 7.86. The number of hydrogen-bond acceptors (Lipinski definition) is 5. The third-order valence-electron chi connectivity index (χ3n) is 4.09. The average Bonchev–Trinajstić information content (AvgIpc) is 2.88. The van der Waals surface area contributed by atoms with Crippen LogP contribution in [0.4, 0.5) is 8.78 Å². The molecule has 2 heterocycles. The van der Waals surface area contributed by atoms with Gasteiger partial charge in [0.25, 0.3) is 5.56 Å². The zero-order chi connectivity index (χ0) is 18.8. The summed E-state index contributed by atoms with van der Waals surface area (Å²) in [7, 11) is 0. The number of thioether (sulfide) groups is 1. The summed E-state index contributed by atoms with van der Waals surface area (Å²) < 4.78 is 30.4. The van der Waals surface area contributed by atoms with Gasteiger partial charge in [0, 0.05) is 17.2 Å². The number of halogens is 2. The van der Waals surface area contributed by atoms with Crippen molar-refractivity contribution in [3.8, 4) is 5.75 Å². The lowest BCUT2D eigenvalue weighted by molar-refractivity contribution is -0.0498. The first-order chi connectivity index (χ1) is 12.4. The van der Waals surface area contributed by atoms with E-state index in [1.165, 1.54) is 35.2 Å². The molecule has 1 aromatic carbocycles. The molecule has 0 N–H and O–H groups in total. The number of benzene rings is 1. The maximum absolute atomic E-state index is 12.8. The number of aryl methyl sites for hydroxylation is 2. The minimum atomic E-state index is -2.83. The summed E-state index contributed by atoms with van der Waals surface area (Å²) in [4.78, 5) is 19.3. The first kappa shape index (κ1) is 18.8. The molecule has 8 heteroatoms. The van der Waals surface area contributed by atoms with E-state index < -0.39 is 6.61 Å². The Hall–Kier alpha value is -1.93. The highest BCUT2D eigenvalue weighted by Crippen LogP contribution is 2.29. The summed E-state index contributed by atoms with van der Waals surface area (Å²) in [5.74, 6) is 0.708. The van der Waals surface area contributed by atoms with Crippen LogP contribution < -0.4 is 10.3 Å². The second kappa shape index (κ2) is 7.75. The first-order valence-corrected chi connectivity index (χ1v) is 9.88. The number of nitrogens with zero attached hydrogens (tertiary/aromatic N) is 2. The van der Waals surface area contributed by atoms with Crippen LogP contribution in [0.1, 0.15) is 22.9 Å². The highest BCUT2D eigenvalue weighted by Gasteiger charge is 2.16. The van der Waals surface area contributed by atoms with E-state index in [4.69, 9.17) is 0 Å². The van der Waals surface area contributed by atoms with Gasteiger partial charge in [-0.15, -0.1) is 11.3 Å². The largest absolute Gasteiger partial charge is 0.435 e. The topological polar surface area (TPSA) is 44.1 Å². The maximum Gasteiger partial charge on any atom is 0.387 e. The highest BCUT2D eigenvalue weighted by molar-refractivity contribution is 7.98. The Kier molecular flexibility index (Phi) is 5.62. The molecule has 0 aliphatic rings. The van der Waals surface area contributed by atoms with Crippen LogP contribution in [0, 0.1) is 13.8 Å². The van der Waals surface area contributed by atoms with Crippen LogP contribution >= 0.6 is 23.1 Å². The third kappa shape index (κ3) is 3.76. The molecular formula is C18H18F2N2O2S2. The highest BCUT2D eigenvalue weighted by atomic mass is 32.2. The molecule has 3 rings (SSSR count). The molecule has 0 spiro atoms. The standard InChI is InChI=1S/C18H18F2N2O2S2/c1-4-22-16(23)14-10(2)11(3)26-15(14)21-18(22)25-9-12-5-7-13(8-6-12)24-17(19)20/h5-8,17H,4,9H2,1-3H3. The molecule has 0 radical (unpaired) electrons. The van der Waals surface area contributed by atoms with E-state index in [0.29, 0.717) is 22.8 Å². The molecule has 0 saturated carbocycles. The van der Waals surface area contributed by atoms with Gasteiger partial charge in [-0.2, -0.15) is 8.78 Å². The van der Waals surface area contributed by atoms with E-state index in [2.05, 4.69) is 9.72 Å². The van der Waals surface area contributed by atoms with Gasteiger partial charge in [0.2, 0.25) is 0 Å². The van der Waals surface area contributed by atoms with Gasteiger partial charge in [-0.3, -0.25) is 9.36 Å². The Morgan fingerprint density at radius 1 is 1.27 bits per heavy atom. The molecule has 3 aromatic rings. The Labute approximate surface area is 157 Å². The van der Waals surface area contributed by atoms with E-state index in [0.717, 1.165) is 20.8 Å². The predicted octanol–water partition coefficient (Wildman–Crippen LogP) is 4.99. The van der Waals surface area contributed by atoms with E-state index >= 15 is 0 Å². The average molecular weight is 396 g/mol. The molecule has 26 heavy (non-hydrogen) atoms. The Morgan fingerprint density at radius 3 is 2.58 bits per heavy atom. The zero-order valence-electron chi connectivity index (χ0n) is 14.6. The van der Waals surface area contributed by atoms with E-state index in [1.807, 2.05) is 20.8 Å². The lowest BCUT2D eigenvalue weighted by Crippen LogP contribution is -2.22. The van der Waals surface area contributed by atoms with Crippen LogP contribution in [-0.4, -0.2) is 16.2 Å². The zero-order valence-corrected chi connectivity index (χ0v) is 16.2. The number of fused-ring (bicyclic) bond motifs is 1. The normalized spacial score (nSPS) is 11.5. The summed E-state index contributed by atoms with van der Waals surface area (Å²) in [5, 5.41) is 1.37. The van der Waals surface area contributed by atoms with Crippen LogP contribution in [0.5, 0.6) is 5.75 Å². The number of aromatic nitrogens is 2. The van der Waals surface area contributed by atoms with Gasteiger partial charge in [-0.1, -0.05) is 23.9 Å². The number of thiophene rings is 1. The molecular weight excluding hydrogens is 378 g/mol. The van der Waals surface area contributed by atoms with Crippen LogP contribution in [0.25, 0.3) is 10.2 Å². The molecule has 0 bridgehead atoms. The minimum Gasteiger partial charge on any atom is -0.435 e. The van der Waals surface area contributed by atoms with E-state index in [9.17, 15) is 13.6 Å². The fraction of sp³-hybridized carbons (Fsp3) is 0.333. The Balaban J connectivity index is 1.85. The summed E-state index contributed by atoms with van der Waals surface area (Å²) >= 11 is 2.99. The van der Waals surface area contributed by atoms with E-state index in [-0.39, 0.29) is 11.3 Å². The fourth-order valence-electron chi connectivity index (χ4n) is 2.61. The SMILES string of the molecule is CCn1c(SCc2ccc(OC(F)F)cc2)nc2sc(C)c(C)c2c1=O. The summed E-state index contributed by atoms with van der Waals surface area (Å²) in [5.41, 5.74) is 1.92. The van der Waals surface area contributed by atoms with Gasteiger partial charge in [-0.25, -0.2) is 4.98 Å². The van der Waals surface area contributed by atoms with E-state index in [1.54, 1.807) is 16.7 Å². The van der Waals surface area contributed by atoms with Crippen molar-refractivity contribution in [2.24, 2.45) is 0 Å². The van der Waals surface area contributed by atoms with Crippen molar-refractivity contribution in [3.63, 3.8) is 0 Å². The minimum absolute atomic E-state index is 0.0115. The second-order valence-electron chi connectivity index (χ2n) is 5.72. The van der Waals surface area contributed by atoms with Gasteiger partial charge in [-0.05, 0) is 44.0 Å². The van der Waals surface area contributed by atoms with Gasteiger partial charge in [0.05, 0.1) is 5.39 Å². The van der Waals surface area contributed by atoms with Crippen molar-refractivity contribution in [1.82, 2.24) is 9.55 Å². The molecule has 0 unspecified atom stereocenters. The van der Waals surface area contributed by atoms with Crippen molar-refractivity contribution < 1.29 is 13.5 Å². The quantitative estimate of drug-likeness (QED) is 0.435. The van der Waals surface area contributed by atoms with Gasteiger partial charge in [0.1, 0.15) is 10.6 Å². The predicted molar refractivity (Wildman–Crippen MR) is 102 cm³/mol. The van der Waals surface area contributed by atoms with Crippen LogP contribution in [0.3, 0.4) is 0 Å². The molecule has 0 fully saturated rings. The van der Waals surface area contributed by atoms with Gasteiger partial charge < -0.3 is 4.74 Å². The summed E-state index contributed by atoms with van der Waals surface area (Å²) in [6, 6.07) is 6.49. The molecule has 0 aliphatic heterocycles. The molecule has 0 atom stereocenters. The number of ether oxygens (including phenoxy) is 1. The fourth-order valence-corrected chi connectivity index (χ4v) is 4.70. The molecule has 2 aromatic heterocycles. The van der Waals surface area contributed by atoms with Gasteiger partial charge in [0.15, 0.2) is 5.16 Å². The Bertz CT molecular complexity index is 982. The van der Waals surface area contributed by atoms with Crippen molar-refractivity contribution in [2.45, 2.75) is 44.8 Å². The summed E-state index contributed by atoms with van der Waals surface area (Å²) in [6.45, 7) is 3.58. The number of hydrogen-bond donors (Lipinski definition) is 0. The van der Waals surface area contributed by atoms with Crippen molar-refractivity contribution >= 4 is 33.3 Å². The lowest BCUT2D eigenvalue weighted by Gasteiger charge is -2.10. The molecule has 0 saturated heterocycles. The van der Waals surface area contributed by atoms with Gasteiger partial charge >= 0.3 is 6.61 Å². The van der Waals surface area contributed by atoms with Crippen molar-refractivity contribution in [3.05, 3.63) is 50.6 Å². The lowest BCUT2D eigenvalue weighted by atomic mass is 10.2. The molecule has 138 valence electrons. The molecule has 4 nitrogen and oxygen atoms in total. The van der Waals surface area contributed by atoms with Crippen molar-refractivity contribution in [2.75, 3.05) is 0 Å². The van der Waals surface area contributed by atoms with Crippen molar-refractivity contribution in [1.29, 1.82) is 0 Å². The van der Waals surface area contributed by atoms with Crippen LogP contribution in [-0.2, 0) is 12.3 Å². The smallest absolute Gasteiger partial charge is 0.387 e. The monoisotopic (exact) mass is 396 g/mol. The summed E-state index contributed by atoms with van der Waals surface area (Å²) in [6.07, 6.45) is 0. The number of alkyl halides is 2.